The zero-order valence-corrected chi connectivity index (χ0v) is 13.9. The molecule has 1 heterocycles. The quantitative estimate of drug-likeness (QED) is 0.871. The lowest BCUT2D eigenvalue weighted by molar-refractivity contribution is -0.0541. The topological polar surface area (TPSA) is 24.5 Å². The number of benzene rings is 1. The monoisotopic (exact) mass is 290 g/mol. The minimum absolute atomic E-state index is 0.275. The second-order valence-corrected chi connectivity index (χ2v) is 6.27. The second kappa shape index (κ2) is 7.92. The summed E-state index contributed by atoms with van der Waals surface area (Å²) in [5.41, 5.74) is 2.79. The van der Waals surface area contributed by atoms with Gasteiger partial charge in [0.2, 0.25) is 0 Å². The van der Waals surface area contributed by atoms with E-state index in [0.29, 0.717) is 12.1 Å². The van der Waals surface area contributed by atoms with Crippen LogP contribution in [0, 0.1) is 0 Å². The lowest BCUT2D eigenvalue weighted by atomic mass is 9.98. The van der Waals surface area contributed by atoms with Crippen LogP contribution >= 0.6 is 0 Å². The van der Waals surface area contributed by atoms with Crippen molar-refractivity contribution in [3.63, 3.8) is 0 Å². The van der Waals surface area contributed by atoms with Gasteiger partial charge in [-0.15, -0.1) is 0 Å². The summed E-state index contributed by atoms with van der Waals surface area (Å²) in [7, 11) is 2.04. The highest BCUT2D eigenvalue weighted by atomic mass is 16.5. The molecule has 1 aliphatic rings. The third kappa shape index (κ3) is 4.53. The van der Waals surface area contributed by atoms with Crippen molar-refractivity contribution in [3.8, 4) is 0 Å². The number of hydrogen-bond donors (Lipinski definition) is 1. The number of rotatable bonds is 6. The van der Waals surface area contributed by atoms with Crippen LogP contribution in [-0.4, -0.2) is 49.8 Å². The van der Waals surface area contributed by atoms with Crippen molar-refractivity contribution in [1.29, 1.82) is 0 Å². The first-order valence-electron chi connectivity index (χ1n) is 8.24. The Balaban J connectivity index is 1.98. The Morgan fingerprint density at radius 2 is 1.90 bits per heavy atom. The maximum Gasteiger partial charge on any atom is 0.0858 e. The van der Waals surface area contributed by atoms with Crippen molar-refractivity contribution in [1.82, 2.24) is 10.2 Å². The Kier molecular flexibility index (Phi) is 6.22. The van der Waals surface area contributed by atoms with Gasteiger partial charge in [0.15, 0.2) is 0 Å². The Morgan fingerprint density at radius 3 is 2.48 bits per heavy atom. The molecule has 1 N–H and O–H groups in total. The van der Waals surface area contributed by atoms with Crippen LogP contribution < -0.4 is 5.32 Å². The van der Waals surface area contributed by atoms with E-state index in [1.807, 2.05) is 7.05 Å². The molecule has 1 aliphatic heterocycles. The van der Waals surface area contributed by atoms with E-state index in [1.165, 1.54) is 11.1 Å². The van der Waals surface area contributed by atoms with Crippen molar-refractivity contribution in [2.24, 2.45) is 0 Å². The molecule has 1 saturated heterocycles. The molecule has 0 aromatic heterocycles. The van der Waals surface area contributed by atoms with Crippen LogP contribution in [0.3, 0.4) is 0 Å². The summed E-state index contributed by atoms with van der Waals surface area (Å²) >= 11 is 0. The number of nitrogens with zero attached hydrogens (tertiary/aromatic N) is 1. The molecule has 1 aromatic carbocycles. The Labute approximate surface area is 129 Å². The third-order valence-corrected chi connectivity index (χ3v) is 4.56. The molecule has 118 valence electrons. The van der Waals surface area contributed by atoms with Crippen LogP contribution in [0.1, 0.15) is 31.9 Å². The molecule has 0 bridgehead atoms. The van der Waals surface area contributed by atoms with Crippen LogP contribution in [-0.2, 0) is 17.6 Å². The van der Waals surface area contributed by atoms with Gasteiger partial charge in [0.1, 0.15) is 0 Å². The van der Waals surface area contributed by atoms with E-state index in [0.717, 1.165) is 32.5 Å². The highest BCUT2D eigenvalue weighted by Crippen LogP contribution is 2.16. The van der Waals surface area contributed by atoms with Gasteiger partial charge in [-0.2, -0.15) is 0 Å². The van der Waals surface area contributed by atoms with E-state index in [-0.39, 0.29) is 6.10 Å². The molecule has 2 rings (SSSR count). The van der Waals surface area contributed by atoms with Crippen LogP contribution in [0.15, 0.2) is 24.3 Å². The van der Waals surface area contributed by atoms with Gasteiger partial charge in [0.25, 0.3) is 0 Å². The number of ether oxygens (including phenoxy) is 1. The van der Waals surface area contributed by atoms with E-state index in [4.69, 9.17) is 4.74 Å². The normalized spacial score (nSPS) is 21.7. The number of morpholine rings is 1. The molecule has 21 heavy (non-hydrogen) atoms. The molecule has 2 atom stereocenters. The number of aryl methyl sites for hydroxylation is 1. The van der Waals surface area contributed by atoms with E-state index in [1.54, 1.807) is 0 Å². The van der Waals surface area contributed by atoms with Crippen LogP contribution in [0.5, 0.6) is 0 Å². The summed E-state index contributed by atoms with van der Waals surface area (Å²) in [5, 5.41) is 3.46. The van der Waals surface area contributed by atoms with Gasteiger partial charge in [-0.05, 0) is 44.9 Å². The highest BCUT2D eigenvalue weighted by Gasteiger charge is 2.28. The molecule has 0 spiro atoms. The molecule has 3 nitrogen and oxygen atoms in total. The molecule has 0 amide bonds. The largest absolute Gasteiger partial charge is 0.374 e. The molecular formula is C18H30N2O. The smallest absolute Gasteiger partial charge is 0.0858 e. The van der Waals surface area contributed by atoms with Gasteiger partial charge in [-0.3, -0.25) is 4.90 Å². The van der Waals surface area contributed by atoms with Gasteiger partial charge in [0.05, 0.1) is 12.7 Å². The second-order valence-electron chi connectivity index (χ2n) is 6.27. The van der Waals surface area contributed by atoms with Crippen molar-refractivity contribution >= 4 is 0 Å². The molecule has 2 unspecified atom stereocenters. The maximum atomic E-state index is 6.02. The van der Waals surface area contributed by atoms with Crippen LogP contribution in [0.4, 0.5) is 0 Å². The average Bonchev–Trinajstić information content (AvgIpc) is 2.53. The number of nitrogens with one attached hydrogen (secondary N) is 1. The molecular weight excluding hydrogens is 260 g/mol. The highest BCUT2D eigenvalue weighted by molar-refractivity contribution is 5.23. The predicted molar refractivity (Wildman–Crippen MR) is 88.8 cm³/mol. The fraction of sp³-hybridized carbons (Fsp3) is 0.667. The molecule has 1 fully saturated rings. The van der Waals surface area contributed by atoms with Crippen molar-refractivity contribution in [2.75, 3.05) is 26.7 Å². The first kappa shape index (κ1) is 16.5. The van der Waals surface area contributed by atoms with Gasteiger partial charge < -0.3 is 10.1 Å². The minimum Gasteiger partial charge on any atom is -0.374 e. The summed E-state index contributed by atoms with van der Waals surface area (Å²) < 4.78 is 6.02. The summed E-state index contributed by atoms with van der Waals surface area (Å²) in [6, 6.07) is 9.96. The number of hydrogen-bond acceptors (Lipinski definition) is 3. The van der Waals surface area contributed by atoms with E-state index in [9.17, 15) is 0 Å². The molecule has 0 aliphatic carbocycles. The Bertz CT molecular complexity index is 416. The van der Waals surface area contributed by atoms with E-state index < -0.39 is 0 Å². The van der Waals surface area contributed by atoms with Gasteiger partial charge in [0, 0.05) is 25.2 Å². The van der Waals surface area contributed by atoms with Crippen molar-refractivity contribution in [3.05, 3.63) is 35.4 Å². The first-order chi connectivity index (χ1) is 10.1. The third-order valence-electron chi connectivity index (χ3n) is 4.56. The lowest BCUT2D eigenvalue weighted by Gasteiger charge is -2.39. The summed E-state index contributed by atoms with van der Waals surface area (Å²) in [5.74, 6) is 0. The van der Waals surface area contributed by atoms with Crippen LogP contribution in [0.25, 0.3) is 0 Å². The fourth-order valence-corrected chi connectivity index (χ4v) is 2.99. The molecule has 0 radical (unpaired) electrons. The summed E-state index contributed by atoms with van der Waals surface area (Å²) in [4.78, 5) is 2.51. The molecule has 0 saturated carbocycles. The van der Waals surface area contributed by atoms with Gasteiger partial charge in [-0.25, -0.2) is 0 Å². The zero-order valence-electron chi connectivity index (χ0n) is 13.9. The van der Waals surface area contributed by atoms with E-state index >= 15 is 0 Å². The molecule has 1 aromatic rings. The maximum absolute atomic E-state index is 6.02. The van der Waals surface area contributed by atoms with Crippen LogP contribution in [0.2, 0.25) is 0 Å². The Hall–Kier alpha value is -0.900. The van der Waals surface area contributed by atoms with Crippen molar-refractivity contribution in [2.45, 2.75) is 51.8 Å². The fourth-order valence-electron chi connectivity index (χ4n) is 2.99. The minimum atomic E-state index is 0.275. The molecule has 3 heteroatoms. The summed E-state index contributed by atoms with van der Waals surface area (Å²) in [6.45, 7) is 9.64. The van der Waals surface area contributed by atoms with Gasteiger partial charge in [-0.1, -0.05) is 31.2 Å². The van der Waals surface area contributed by atoms with Crippen molar-refractivity contribution < 1.29 is 4.74 Å². The van der Waals surface area contributed by atoms with E-state index in [2.05, 4.69) is 55.3 Å². The SMILES string of the molecule is CCc1ccc(CC(NC)C2CN(C(C)C)CCO2)cc1. The number of likely N-dealkylation sites (N-methyl/N-ethyl adjacent to an activating group) is 1. The standard InChI is InChI=1S/C18H30N2O/c1-5-15-6-8-16(9-7-15)12-17(19-4)18-13-20(14(2)3)10-11-21-18/h6-9,14,17-19H,5,10-13H2,1-4H3. The first-order valence-corrected chi connectivity index (χ1v) is 8.24. The predicted octanol–water partition coefficient (Wildman–Crippen LogP) is 2.49. The Morgan fingerprint density at radius 1 is 1.24 bits per heavy atom. The zero-order chi connectivity index (χ0) is 15.2. The lowest BCUT2D eigenvalue weighted by Crippen LogP contribution is -2.53. The van der Waals surface area contributed by atoms with Gasteiger partial charge >= 0.3 is 0 Å². The average molecular weight is 290 g/mol. The summed E-state index contributed by atoms with van der Waals surface area (Å²) in [6.07, 6.45) is 2.40.